The van der Waals surface area contributed by atoms with Crippen LogP contribution >= 0.6 is 11.3 Å². The summed E-state index contributed by atoms with van der Waals surface area (Å²) in [5.41, 5.74) is 1.06. The molecule has 1 aliphatic rings. The van der Waals surface area contributed by atoms with Crippen molar-refractivity contribution >= 4 is 33.6 Å². The number of carbonyl (C=O) groups is 2. The number of aromatic nitrogens is 1. The molecule has 6 nitrogen and oxygen atoms in total. The first-order valence-corrected chi connectivity index (χ1v) is 9.53. The van der Waals surface area contributed by atoms with E-state index in [4.69, 9.17) is 9.72 Å². The maximum absolute atomic E-state index is 12.2. The molecule has 2 heterocycles. The fraction of sp³-hybridized carbons (Fsp3) is 0.500. The number of nitrogens with zero attached hydrogens (tertiary/aromatic N) is 2. The highest BCUT2D eigenvalue weighted by atomic mass is 32.1. The Bertz CT molecular complexity index is 705. The van der Waals surface area contributed by atoms with Gasteiger partial charge in [-0.25, -0.2) is 9.78 Å². The molecule has 0 spiro atoms. The average Bonchev–Trinajstić information content (AvgIpc) is 3.06. The molecular formula is C18H23N3O3S. The summed E-state index contributed by atoms with van der Waals surface area (Å²) in [5, 5.41) is 3.76. The number of ether oxygens (including phenoxy) is 1. The smallest absolute Gasteiger partial charge is 0.407 e. The lowest BCUT2D eigenvalue weighted by molar-refractivity contribution is -0.132. The standard InChI is InChI=1S/C18H23N3O3S/c1-2-24-18(23)19-10-7-16(22)21-11-8-13(9-12-21)17-20-14-5-3-4-6-15(14)25-17/h3-6,13H,2,7-12H2,1H3,(H,19,23). The van der Waals surface area contributed by atoms with E-state index < -0.39 is 6.09 Å². The van der Waals surface area contributed by atoms with Crippen LogP contribution in [0.25, 0.3) is 10.2 Å². The molecule has 1 aromatic heterocycles. The van der Waals surface area contributed by atoms with Gasteiger partial charge >= 0.3 is 6.09 Å². The van der Waals surface area contributed by atoms with Crippen LogP contribution in [0.4, 0.5) is 4.79 Å². The van der Waals surface area contributed by atoms with Crippen LogP contribution in [0.3, 0.4) is 0 Å². The number of hydrogen-bond acceptors (Lipinski definition) is 5. The van der Waals surface area contributed by atoms with Crippen molar-refractivity contribution in [1.82, 2.24) is 15.2 Å². The summed E-state index contributed by atoms with van der Waals surface area (Å²) >= 11 is 1.76. The molecule has 0 saturated carbocycles. The van der Waals surface area contributed by atoms with Crippen LogP contribution in [-0.4, -0.2) is 48.1 Å². The zero-order chi connectivity index (χ0) is 17.6. The molecule has 7 heteroatoms. The van der Waals surface area contributed by atoms with Crippen LogP contribution in [0.2, 0.25) is 0 Å². The molecule has 2 amide bonds. The van der Waals surface area contributed by atoms with Crippen molar-refractivity contribution in [3.8, 4) is 0 Å². The van der Waals surface area contributed by atoms with Gasteiger partial charge in [0.25, 0.3) is 0 Å². The van der Waals surface area contributed by atoms with Crippen molar-refractivity contribution in [2.45, 2.75) is 32.1 Å². The van der Waals surface area contributed by atoms with Gasteiger partial charge in [0.15, 0.2) is 0 Å². The van der Waals surface area contributed by atoms with Crippen LogP contribution < -0.4 is 5.32 Å². The molecule has 0 aliphatic carbocycles. The van der Waals surface area contributed by atoms with E-state index in [0.717, 1.165) is 31.4 Å². The third-order valence-corrected chi connectivity index (χ3v) is 5.59. The number of nitrogens with one attached hydrogen (secondary N) is 1. The van der Waals surface area contributed by atoms with Gasteiger partial charge in [-0.05, 0) is 31.9 Å². The fourth-order valence-corrected chi connectivity index (χ4v) is 4.19. The zero-order valence-electron chi connectivity index (χ0n) is 14.4. The lowest BCUT2D eigenvalue weighted by Gasteiger charge is -2.31. The quantitative estimate of drug-likeness (QED) is 0.888. The number of rotatable bonds is 5. The van der Waals surface area contributed by atoms with Gasteiger partial charge < -0.3 is 15.0 Å². The summed E-state index contributed by atoms with van der Waals surface area (Å²) in [6.07, 6.45) is 1.73. The maximum atomic E-state index is 12.2. The van der Waals surface area contributed by atoms with Gasteiger partial charge in [-0.1, -0.05) is 12.1 Å². The second-order valence-corrected chi connectivity index (χ2v) is 7.13. The number of benzene rings is 1. The molecular weight excluding hydrogens is 338 g/mol. The first-order valence-electron chi connectivity index (χ1n) is 8.71. The van der Waals surface area contributed by atoms with Gasteiger partial charge in [-0.3, -0.25) is 4.79 Å². The molecule has 0 unspecified atom stereocenters. The molecule has 1 saturated heterocycles. The minimum Gasteiger partial charge on any atom is -0.450 e. The minimum atomic E-state index is -0.468. The first kappa shape index (κ1) is 17.7. The van der Waals surface area contributed by atoms with Crippen LogP contribution in [0.15, 0.2) is 24.3 Å². The van der Waals surface area contributed by atoms with Crippen molar-refractivity contribution in [3.05, 3.63) is 29.3 Å². The normalized spacial score (nSPS) is 15.3. The van der Waals surface area contributed by atoms with Gasteiger partial charge in [0.1, 0.15) is 0 Å². The van der Waals surface area contributed by atoms with Gasteiger partial charge in [0, 0.05) is 32.0 Å². The number of amides is 2. The predicted molar refractivity (Wildman–Crippen MR) is 97.8 cm³/mol. The van der Waals surface area contributed by atoms with Crippen molar-refractivity contribution < 1.29 is 14.3 Å². The lowest BCUT2D eigenvalue weighted by Crippen LogP contribution is -2.39. The number of thiazole rings is 1. The average molecular weight is 361 g/mol. The molecule has 1 aliphatic heterocycles. The first-order chi connectivity index (χ1) is 12.2. The Hall–Kier alpha value is -2.15. The molecule has 1 aromatic carbocycles. The van der Waals surface area contributed by atoms with Crippen LogP contribution in [0.1, 0.15) is 37.1 Å². The van der Waals surface area contributed by atoms with Gasteiger partial charge in [0.2, 0.25) is 5.91 Å². The van der Waals surface area contributed by atoms with E-state index >= 15 is 0 Å². The van der Waals surface area contributed by atoms with Gasteiger partial charge in [0.05, 0.1) is 21.8 Å². The van der Waals surface area contributed by atoms with Crippen molar-refractivity contribution in [3.63, 3.8) is 0 Å². The van der Waals surface area contributed by atoms with E-state index in [9.17, 15) is 9.59 Å². The molecule has 0 atom stereocenters. The predicted octanol–water partition coefficient (Wildman–Crippen LogP) is 3.14. The molecule has 0 radical (unpaired) electrons. The Morgan fingerprint density at radius 1 is 1.32 bits per heavy atom. The Morgan fingerprint density at radius 2 is 2.08 bits per heavy atom. The Kier molecular flexibility index (Phi) is 5.86. The highest BCUT2D eigenvalue weighted by Crippen LogP contribution is 2.33. The number of fused-ring (bicyclic) bond motifs is 1. The topological polar surface area (TPSA) is 71.5 Å². The van der Waals surface area contributed by atoms with E-state index in [1.165, 1.54) is 9.71 Å². The van der Waals surface area contributed by atoms with E-state index in [1.54, 1.807) is 18.3 Å². The molecule has 2 aromatic rings. The van der Waals surface area contributed by atoms with Gasteiger partial charge in [-0.15, -0.1) is 11.3 Å². The number of para-hydroxylation sites is 1. The van der Waals surface area contributed by atoms with Crippen LogP contribution in [0, 0.1) is 0 Å². The second-order valence-electron chi connectivity index (χ2n) is 6.07. The summed E-state index contributed by atoms with van der Waals surface area (Å²) < 4.78 is 6.00. The largest absolute Gasteiger partial charge is 0.450 e. The third-order valence-electron chi connectivity index (χ3n) is 4.39. The van der Waals surface area contributed by atoms with Crippen molar-refractivity contribution in [2.24, 2.45) is 0 Å². The highest BCUT2D eigenvalue weighted by molar-refractivity contribution is 7.18. The van der Waals surface area contributed by atoms with E-state index in [2.05, 4.69) is 11.4 Å². The van der Waals surface area contributed by atoms with Crippen LogP contribution in [-0.2, 0) is 9.53 Å². The molecule has 134 valence electrons. The monoisotopic (exact) mass is 361 g/mol. The summed E-state index contributed by atoms with van der Waals surface area (Å²) in [7, 11) is 0. The van der Waals surface area contributed by atoms with Crippen molar-refractivity contribution in [1.29, 1.82) is 0 Å². The molecule has 25 heavy (non-hydrogen) atoms. The third kappa shape index (κ3) is 4.48. The molecule has 3 rings (SSSR count). The van der Waals surface area contributed by atoms with Crippen LogP contribution in [0.5, 0.6) is 0 Å². The van der Waals surface area contributed by atoms with E-state index in [0.29, 0.717) is 25.5 Å². The number of hydrogen-bond donors (Lipinski definition) is 1. The maximum Gasteiger partial charge on any atom is 0.407 e. The SMILES string of the molecule is CCOC(=O)NCCC(=O)N1CCC(c2nc3ccccc3s2)CC1. The summed E-state index contributed by atoms with van der Waals surface area (Å²) in [4.78, 5) is 30.1. The highest BCUT2D eigenvalue weighted by Gasteiger charge is 2.25. The Balaban J connectivity index is 1.46. The lowest BCUT2D eigenvalue weighted by atomic mass is 9.97. The molecule has 0 bridgehead atoms. The minimum absolute atomic E-state index is 0.0829. The number of alkyl carbamates (subject to hydrolysis) is 1. The number of likely N-dealkylation sites (tertiary alicyclic amines) is 1. The molecule has 1 fully saturated rings. The van der Waals surface area contributed by atoms with Crippen molar-refractivity contribution in [2.75, 3.05) is 26.2 Å². The van der Waals surface area contributed by atoms with Gasteiger partial charge in [-0.2, -0.15) is 0 Å². The Labute approximate surface area is 151 Å². The number of piperidine rings is 1. The summed E-state index contributed by atoms with van der Waals surface area (Å²) in [6, 6.07) is 8.20. The van der Waals surface area contributed by atoms with E-state index in [1.807, 2.05) is 23.1 Å². The summed E-state index contributed by atoms with van der Waals surface area (Å²) in [6.45, 7) is 3.90. The molecule has 1 N–H and O–H groups in total. The van der Waals surface area contributed by atoms with E-state index in [-0.39, 0.29) is 5.91 Å². The number of carbonyl (C=O) groups excluding carboxylic acids is 2. The second kappa shape index (κ2) is 8.29. The fourth-order valence-electron chi connectivity index (χ4n) is 3.05. The zero-order valence-corrected chi connectivity index (χ0v) is 15.2. The Morgan fingerprint density at radius 3 is 2.80 bits per heavy atom. The summed E-state index contributed by atoms with van der Waals surface area (Å²) in [5.74, 6) is 0.513.